The van der Waals surface area contributed by atoms with Gasteiger partial charge in [-0.2, -0.15) is 0 Å². The second-order valence-corrected chi connectivity index (χ2v) is 4.41. The Morgan fingerprint density at radius 1 is 1.44 bits per heavy atom. The lowest BCUT2D eigenvalue weighted by Gasteiger charge is -2.14. The SMILES string of the molecule is COc1c(C)cnc(CC(N)c2ccoc2)c1C. The molecule has 1 atom stereocenters. The van der Waals surface area contributed by atoms with E-state index in [2.05, 4.69) is 4.98 Å². The van der Waals surface area contributed by atoms with Gasteiger partial charge in [0.2, 0.25) is 0 Å². The molecular formula is C14H18N2O2. The Balaban J connectivity index is 2.24. The van der Waals surface area contributed by atoms with Crippen molar-refractivity contribution in [1.82, 2.24) is 4.98 Å². The minimum absolute atomic E-state index is 0.109. The summed E-state index contributed by atoms with van der Waals surface area (Å²) in [6.45, 7) is 3.99. The number of hydrogen-bond donors (Lipinski definition) is 1. The van der Waals surface area contributed by atoms with Crippen LogP contribution in [-0.4, -0.2) is 12.1 Å². The molecule has 0 radical (unpaired) electrons. The van der Waals surface area contributed by atoms with Crippen LogP contribution in [0.2, 0.25) is 0 Å². The van der Waals surface area contributed by atoms with E-state index < -0.39 is 0 Å². The molecule has 96 valence electrons. The number of methoxy groups -OCH3 is 1. The quantitative estimate of drug-likeness (QED) is 0.900. The maximum absolute atomic E-state index is 6.13. The van der Waals surface area contributed by atoms with Crippen LogP contribution in [0.3, 0.4) is 0 Å². The van der Waals surface area contributed by atoms with Gasteiger partial charge in [-0.3, -0.25) is 4.98 Å². The van der Waals surface area contributed by atoms with Crippen LogP contribution < -0.4 is 10.5 Å². The summed E-state index contributed by atoms with van der Waals surface area (Å²) >= 11 is 0. The molecule has 2 heterocycles. The van der Waals surface area contributed by atoms with Crippen LogP contribution in [0.4, 0.5) is 0 Å². The summed E-state index contributed by atoms with van der Waals surface area (Å²) in [5.41, 5.74) is 10.2. The summed E-state index contributed by atoms with van der Waals surface area (Å²) in [5, 5.41) is 0. The predicted molar refractivity (Wildman–Crippen MR) is 69.6 cm³/mol. The fraction of sp³-hybridized carbons (Fsp3) is 0.357. The zero-order valence-electron chi connectivity index (χ0n) is 10.9. The maximum Gasteiger partial charge on any atom is 0.128 e. The largest absolute Gasteiger partial charge is 0.496 e. The van der Waals surface area contributed by atoms with Crippen molar-refractivity contribution in [3.8, 4) is 5.75 Å². The molecule has 2 aromatic heterocycles. The second kappa shape index (κ2) is 5.23. The van der Waals surface area contributed by atoms with Gasteiger partial charge in [0, 0.05) is 41.0 Å². The van der Waals surface area contributed by atoms with Crippen LogP contribution in [0.15, 0.2) is 29.2 Å². The van der Waals surface area contributed by atoms with Crippen molar-refractivity contribution >= 4 is 0 Å². The van der Waals surface area contributed by atoms with Crippen LogP contribution in [0, 0.1) is 13.8 Å². The molecule has 0 aromatic carbocycles. The fourth-order valence-corrected chi connectivity index (χ4v) is 2.09. The van der Waals surface area contributed by atoms with E-state index in [0.717, 1.165) is 28.1 Å². The normalized spacial score (nSPS) is 12.4. The van der Waals surface area contributed by atoms with E-state index in [1.54, 1.807) is 19.6 Å². The molecule has 0 aliphatic rings. The van der Waals surface area contributed by atoms with E-state index in [9.17, 15) is 0 Å². The molecule has 0 bridgehead atoms. The lowest BCUT2D eigenvalue weighted by atomic mass is 10.0. The first-order chi connectivity index (χ1) is 8.63. The molecule has 18 heavy (non-hydrogen) atoms. The highest BCUT2D eigenvalue weighted by atomic mass is 16.5. The van der Waals surface area contributed by atoms with Crippen molar-refractivity contribution in [3.63, 3.8) is 0 Å². The Bertz CT molecular complexity index is 521. The topological polar surface area (TPSA) is 61.3 Å². The number of nitrogens with zero attached hydrogens (tertiary/aromatic N) is 1. The van der Waals surface area contributed by atoms with E-state index in [-0.39, 0.29) is 6.04 Å². The van der Waals surface area contributed by atoms with Gasteiger partial charge in [-0.25, -0.2) is 0 Å². The Labute approximate surface area is 107 Å². The molecule has 2 N–H and O–H groups in total. The molecule has 0 fully saturated rings. The lowest BCUT2D eigenvalue weighted by molar-refractivity contribution is 0.406. The monoisotopic (exact) mass is 246 g/mol. The lowest BCUT2D eigenvalue weighted by Crippen LogP contribution is -2.14. The highest BCUT2D eigenvalue weighted by Crippen LogP contribution is 2.26. The summed E-state index contributed by atoms with van der Waals surface area (Å²) in [6, 6.07) is 1.77. The van der Waals surface area contributed by atoms with Crippen molar-refractivity contribution in [2.24, 2.45) is 5.73 Å². The van der Waals surface area contributed by atoms with Crippen LogP contribution >= 0.6 is 0 Å². The highest BCUT2D eigenvalue weighted by Gasteiger charge is 2.14. The Morgan fingerprint density at radius 2 is 2.22 bits per heavy atom. The molecule has 0 amide bonds. The molecule has 0 saturated heterocycles. The maximum atomic E-state index is 6.13. The number of nitrogens with two attached hydrogens (primary N) is 1. The van der Waals surface area contributed by atoms with Crippen LogP contribution in [0.1, 0.15) is 28.4 Å². The number of pyridine rings is 1. The van der Waals surface area contributed by atoms with Gasteiger partial charge in [-0.15, -0.1) is 0 Å². The van der Waals surface area contributed by atoms with Crippen molar-refractivity contribution in [2.75, 3.05) is 7.11 Å². The molecule has 0 aliphatic heterocycles. The average Bonchev–Trinajstić information content (AvgIpc) is 2.87. The third-order valence-electron chi connectivity index (χ3n) is 3.13. The third-order valence-corrected chi connectivity index (χ3v) is 3.13. The zero-order valence-corrected chi connectivity index (χ0v) is 10.9. The van der Waals surface area contributed by atoms with E-state index in [1.165, 1.54) is 0 Å². The predicted octanol–water partition coefficient (Wildman–Crippen LogP) is 2.54. The van der Waals surface area contributed by atoms with Gasteiger partial charge in [0.25, 0.3) is 0 Å². The first-order valence-corrected chi connectivity index (χ1v) is 5.90. The standard InChI is InChI=1S/C14H18N2O2/c1-9-7-16-13(10(2)14(9)17-3)6-12(15)11-4-5-18-8-11/h4-5,7-8,12H,6,15H2,1-3H3. The molecule has 4 nitrogen and oxygen atoms in total. The zero-order chi connectivity index (χ0) is 13.1. The van der Waals surface area contributed by atoms with Gasteiger partial charge in [-0.05, 0) is 19.9 Å². The number of aromatic nitrogens is 1. The highest BCUT2D eigenvalue weighted by molar-refractivity contribution is 5.41. The number of hydrogen-bond acceptors (Lipinski definition) is 4. The number of rotatable bonds is 4. The fourth-order valence-electron chi connectivity index (χ4n) is 2.09. The van der Waals surface area contributed by atoms with Gasteiger partial charge in [-0.1, -0.05) is 0 Å². The van der Waals surface area contributed by atoms with Crippen LogP contribution in [-0.2, 0) is 6.42 Å². The Hall–Kier alpha value is -1.81. The summed E-state index contributed by atoms with van der Waals surface area (Å²) in [4.78, 5) is 4.45. The van der Waals surface area contributed by atoms with E-state index in [0.29, 0.717) is 6.42 Å². The van der Waals surface area contributed by atoms with Gasteiger partial charge in [0.15, 0.2) is 0 Å². The van der Waals surface area contributed by atoms with Gasteiger partial charge in [0.1, 0.15) is 5.75 Å². The van der Waals surface area contributed by atoms with Crippen LogP contribution in [0.5, 0.6) is 5.75 Å². The van der Waals surface area contributed by atoms with Crippen LogP contribution in [0.25, 0.3) is 0 Å². The van der Waals surface area contributed by atoms with Gasteiger partial charge >= 0.3 is 0 Å². The number of ether oxygens (including phenoxy) is 1. The first-order valence-electron chi connectivity index (χ1n) is 5.90. The minimum Gasteiger partial charge on any atom is -0.496 e. The first kappa shape index (κ1) is 12.6. The Kier molecular flexibility index (Phi) is 3.67. The summed E-state index contributed by atoms with van der Waals surface area (Å²) in [6.07, 6.45) is 5.79. The minimum atomic E-state index is -0.109. The van der Waals surface area contributed by atoms with Crippen molar-refractivity contribution in [2.45, 2.75) is 26.3 Å². The molecular weight excluding hydrogens is 228 g/mol. The Morgan fingerprint density at radius 3 is 2.83 bits per heavy atom. The average molecular weight is 246 g/mol. The van der Waals surface area contributed by atoms with Crippen molar-refractivity contribution < 1.29 is 9.15 Å². The molecule has 4 heteroatoms. The molecule has 1 unspecified atom stereocenters. The summed E-state index contributed by atoms with van der Waals surface area (Å²) < 4.78 is 10.4. The van der Waals surface area contributed by atoms with E-state index in [1.807, 2.05) is 26.1 Å². The van der Waals surface area contributed by atoms with Gasteiger partial charge < -0.3 is 14.9 Å². The van der Waals surface area contributed by atoms with Crippen molar-refractivity contribution in [1.29, 1.82) is 0 Å². The molecule has 2 aromatic rings. The van der Waals surface area contributed by atoms with E-state index in [4.69, 9.17) is 14.9 Å². The second-order valence-electron chi connectivity index (χ2n) is 4.41. The molecule has 0 aliphatic carbocycles. The molecule has 0 spiro atoms. The van der Waals surface area contributed by atoms with Gasteiger partial charge in [0.05, 0.1) is 19.6 Å². The van der Waals surface area contributed by atoms with Crippen molar-refractivity contribution in [3.05, 3.63) is 47.2 Å². The molecule has 0 saturated carbocycles. The smallest absolute Gasteiger partial charge is 0.128 e. The molecule has 2 rings (SSSR count). The number of aryl methyl sites for hydroxylation is 1. The number of furan rings is 1. The third kappa shape index (κ3) is 2.38. The van der Waals surface area contributed by atoms with E-state index >= 15 is 0 Å². The summed E-state index contributed by atoms with van der Waals surface area (Å²) in [7, 11) is 1.68. The summed E-state index contributed by atoms with van der Waals surface area (Å²) in [5.74, 6) is 0.888.